The zero-order valence-corrected chi connectivity index (χ0v) is 13.7. The quantitative estimate of drug-likeness (QED) is 0.510. The molecule has 0 saturated carbocycles. The van der Waals surface area contributed by atoms with Crippen molar-refractivity contribution in [2.75, 3.05) is 13.2 Å². The van der Waals surface area contributed by atoms with Gasteiger partial charge in [-0.25, -0.2) is 0 Å². The van der Waals surface area contributed by atoms with Crippen LogP contribution in [0.2, 0.25) is 0 Å². The van der Waals surface area contributed by atoms with E-state index in [1.165, 1.54) is 11.1 Å². The van der Waals surface area contributed by atoms with Crippen LogP contribution in [0.4, 0.5) is 0 Å². The fraction of sp³-hybridized carbons (Fsp3) is 0.500. The number of hydrazone groups is 1. The molecular weight excluding hydrogens is 282 g/mol. The number of aryl methyl sites for hydroxylation is 2. The topological polar surface area (TPSA) is 45.7 Å². The lowest BCUT2D eigenvalue weighted by molar-refractivity contribution is 0.114. The van der Waals surface area contributed by atoms with Crippen molar-refractivity contribution in [3.63, 3.8) is 0 Å². The summed E-state index contributed by atoms with van der Waals surface area (Å²) in [5.74, 6) is 0. The summed E-state index contributed by atoms with van der Waals surface area (Å²) in [6.07, 6.45) is 2.51. The highest BCUT2D eigenvalue weighted by Gasteiger charge is 2.15. The van der Waals surface area contributed by atoms with Crippen molar-refractivity contribution in [3.05, 3.63) is 34.9 Å². The molecule has 5 heteroatoms. The van der Waals surface area contributed by atoms with E-state index in [9.17, 15) is 0 Å². The first kappa shape index (κ1) is 15.9. The van der Waals surface area contributed by atoms with E-state index in [0.717, 1.165) is 37.3 Å². The molecule has 1 aliphatic rings. The number of nitrogens with one attached hydrogen (secondary N) is 2. The van der Waals surface area contributed by atoms with E-state index < -0.39 is 0 Å². The molecule has 0 bridgehead atoms. The van der Waals surface area contributed by atoms with Crippen molar-refractivity contribution >= 4 is 23.0 Å². The minimum atomic E-state index is 0.273. The molecule has 0 radical (unpaired) electrons. The SMILES string of the molecule is C/C(=N/NC(=S)NC[C@@H]1CCCO1)c1ccc(C)c(C)c1. The molecule has 21 heavy (non-hydrogen) atoms. The maximum Gasteiger partial charge on any atom is 0.187 e. The monoisotopic (exact) mass is 305 g/mol. The van der Waals surface area contributed by atoms with Crippen molar-refractivity contribution in [1.29, 1.82) is 0 Å². The summed E-state index contributed by atoms with van der Waals surface area (Å²) in [5.41, 5.74) is 7.46. The van der Waals surface area contributed by atoms with Crippen LogP contribution in [0, 0.1) is 13.8 Å². The van der Waals surface area contributed by atoms with E-state index in [0.29, 0.717) is 5.11 Å². The normalized spacial score (nSPS) is 18.6. The number of hydrogen-bond donors (Lipinski definition) is 2. The summed E-state index contributed by atoms with van der Waals surface area (Å²) in [6.45, 7) is 7.78. The van der Waals surface area contributed by atoms with Crippen molar-refractivity contribution in [1.82, 2.24) is 10.7 Å². The highest BCUT2D eigenvalue weighted by molar-refractivity contribution is 7.80. The molecule has 2 N–H and O–H groups in total. The Balaban J connectivity index is 1.84. The molecule has 114 valence electrons. The van der Waals surface area contributed by atoms with E-state index in [2.05, 4.69) is 47.9 Å². The van der Waals surface area contributed by atoms with Gasteiger partial charge in [0.1, 0.15) is 0 Å². The minimum absolute atomic E-state index is 0.273. The summed E-state index contributed by atoms with van der Waals surface area (Å²) in [4.78, 5) is 0. The van der Waals surface area contributed by atoms with Crippen molar-refractivity contribution in [2.24, 2.45) is 5.10 Å². The molecule has 1 aromatic carbocycles. The summed E-state index contributed by atoms with van der Waals surface area (Å²) in [7, 11) is 0. The number of nitrogens with zero attached hydrogens (tertiary/aromatic N) is 1. The molecule has 0 spiro atoms. The van der Waals surface area contributed by atoms with Gasteiger partial charge in [0.15, 0.2) is 5.11 Å². The molecular formula is C16H23N3OS. The minimum Gasteiger partial charge on any atom is -0.376 e. The highest BCUT2D eigenvalue weighted by Crippen LogP contribution is 2.11. The van der Waals surface area contributed by atoms with Gasteiger partial charge >= 0.3 is 0 Å². The van der Waals surface area contributed by atoms with Gasteiger partial charge in [-0.1, -0.05) is 12.1 Å². The third-order valence-electron chi connectivity index (χ3n) is 3.76. The molecule has 1 saturated heterocycles. The van der Waals surface area contributed by atoms with E-state index in [1.807, 2.05) is 6.92 Å². The second kappa shape index (κ2) is 7.52. The van der Waals surface area contributed by atoms with Gasteiger partial charge in [-0.2, -0.15) is 5.10 Å². The smallest absolute Gasteiger partial charge is 0.187 e. The fourth-order valence-electron chi connectivity index (χ4n) is 2.22. The number of benzene rings is 1. The van der Waals surface area contributed by atoms with E-state index in [-0.39, 0.29) is 6.10 Å². The fourth-order valence-corrected chi connectivity index (χ4v) is 2.35. The number of hydrogen-bond acceptors (Lipinski definition) is 3. The molecule has 0 aliphatic carbocycles. The van der Waals surface area contributed by atoms with Gasteiger partial charge in [0.2, 0.25) is 0 Å². The number of rotatable bonds is 4. The third kappa shape index (κ3) is 4.79. The Morgan fingerprint density at radius 2 is 2.19 bits per heavy atom. The Morgan fingerprint density at radius 1 is 1.38 bits per heavy atom. The summed E-state index contributed by atoms with van der Waals surface area (Å²) < 4.78 is 5.54. The largest absolute Gasteiger partial charge is 0.376 e. The second-order valence-corrected chi connectivity index (χ2v) is 5.86. The lowest BCUT2D eigenvalue weighted by Crippen LogP contribution is -2.37. The van der Waals surface area contributed by atoms with Gasteiger partial charge in [-0.15, -0.1) is 0 Å². The van der Waals surface area contributed by atoms with Gasteiger partial charge in [0.05, 0.1) is 11.8 Å². The molecule has 2 rings (SSSR count). The lowest BCUT2D eigenvalue weighted by atomic mass is 10.0. The van der Waals surface area contributed by atoms with Crippen LogP contribution in [-0.4, -0.2) is 30.1 Å². The maximum absolute atomic E-state index is 5.54. The van der Waals surface area contributed by atoms with Crippen LogP contribution in [-0.2, 0) is 4.74 Å². The third-order valence-corrected chi connectivity index (χ3v) is 4.00. The Kier molecular flexibility index (Phi) is 5.70. The number of thiocarbonyl (C=S) groups is 1. The first-order valence-corrected chi connectivity index (χ1v) is 7.74. The van der Waals surface area contributed by atoms with Gasteiger partial charge in [0.25, 0.3) is 0 Å². The summed E-state index contributed by atoms with van der Waals surface area (Å²) in [5, 5.41) is 8.01. The summed E-state index contributed by atoms with van der Waals surface area (Å²) in [6, 6.07) is 6.32. The Labute approximate surface area is 132 Å². The van der Waals surface area contributed by atoms with Crippen LogP contribution < -0.4 is 10.7 Å². The predicted octanol–water partition coefficient (Wildman–Crippen LogP) is 2.67. The van der Waals surface area contributed by atoms with Crippen LogP contribution in [0.1, 0.15) is 36.5 Å². The molecule has 0 aromatic heterocycles. The van der Waals surface area contributed by atoms with Gasteiger partial charge in [0, 0.05) is 13.2 Å². The zero-order chi connectivity index (χ0) is 15.2. The van der Waals surface area contributed by atoms with E-state index in [4.69, 9.17) is 17.0 Å². The van der Waals surface area contributed by atoms with Gasteiger partial charge < -0.3 is 10.1 Å². The maximum atomic E-state index is 5.54. The lowest BCUT2D eigenvalue weighted by Gasteiger charge is -2.12. The second-order valence-electron chi connectivity index (χ2n) is 5.45. The average molecular weight is 305 g/mol. The van der Waals surface area contributed by atoms with Crippen molar-refractivity contribution < 1.29 is 4.74 Å². The zero-order valence-electron chi connectivity index (χ0n) is 12.9. The van der Waals surface area contributed by atoms with E-state index >= 15 is 0 Å². The van der Waals surface area contributed by atoms with Crippen LogP contribution in [0.25, 0.3) is 0 Å². The average Bonchev–Trinajstić information content (AvgIpc) is 2.98. The predicted molar refractivity (Wildman–Crippen MR) is 90.8 cm³/mol. The Morgan fingerprint density at radius 3 is 2.86 bits per heavy atom. The number of ether oxygens (including phenoxy) is 1. The van der Waals surface area contributed by atoms with Crippen molar-refractivity contribution in [2.45, 2.75) is 39.7 Å². The van der Waals surface area contributed by atoms with Crippen LogP contribution in [0.3, 0.4) is 0 Å². The molecule has 1 fully saturated rings. The Bertz CT molecular complexity index is 536. The van der Waals surface area contributed by atoms with Crippen LogP contribution in [0.15, 0.2) is 23.3 Å². The summed E-state index contributed by atoms with van der Waals surface area (Å²) >= 11 is 5.22. The van der Waals surface area contributed by atoms with Crippen LogP contribution >= 0.6 is 12.2 Å². The Hall–Kier alpha value is -1.46. The first-order chi connectivity index (χ1) is 10.1. The molecule has 1 aliphatic heterocycles. The standard InChI is InChI=1S/C16H23N3OS/c1-11-6-7-14(9-12(11)2)13(3)18-19-16(21)17-10-15-5-4-8-20-15/h6-7,9,15H,4-5,8,10H2,1-3H3,(H2,17,19,21)/b18-13-/t15-/m0/s1. The van der Waals surface area contributed by atoms with Crippen molar-refractivity contribution in [3.8, 4) is 0 Å². The van der Waals surface area contributed by atoms with Gasteiger partial charge in [-0.05, 0) is 68.6 Å². The van der Waals surface area contributed by atoms with Crippen LogP contribution in [0.5, 0.6) is 0 Å². The highest BCUT2D eigenvalue weighted by atomic mass is 32.1. The van der Waals surface area contributed by atoms with E-state index in [1.54, 1.807) is 0 Å². The molecule has 1 atom stereocenters. The molecule has 4 nitrogen and oxygen atoms in total. The molecule has 0 unspecified atom stereocenters. The first-order valence-electron chi connectivity index (χ1n) is 7.33. The molecule has 1 heterocycles. The molecule has 0 amide bonds. The van der Waals surface area contributed by atoms with Gasteiger partial charge in [-0.3, -0.25) is 5.43 Å². The molecule has 1 aromatic rings.